The van der Waals surface area contributed by atoms with Crippen LogP contribution in [0.1, 0.15) is 24.3 Å². The van der Waals surface area contributed by atoms with E-state index in [0.717, 1.165) is 11.0 Å². The van der Waals surface area contributed by atoms with Crippen molar-refractivity contribution in [1.29, 1.82) is 0 Å². The summed E-state index contributed by atoms with van der Waals surface area (Å²) in [4.78, 5) is 21.3. The van der Waals surface area contributed by atoms with Crippen LogP contribution < -0.4 is 5.32 Å². The molecule has 1 N–H and O–H groups in total. The van der Waals surface area contributed by atoms with Gasteiger partial charge in [-0.1, -0.05) is 17.3 Å². The van der Waals surface area contributed by atoms with E-state index >= 15 is 0 Å². The lowest BCUT2D eigenvalue weighted by Gasteiger charge is -2.16. The lowest BCUT2D eigenvalue weighted by molar-refractivity contribution is -0.145. The number of nitrogens with one attached hydrogen (secondary N) is 1. The van der Waals surface area contributed by atoms with E-state index in [-0.39, 0.29) is 11.6 Å². The normalized spacial score (nSPS) is 11.3. The van der Waals surface area contributed by atoms with Crippen molar-refractivity contribution < 1.29 is 14.3 Å². The van der Waals surface area contributed by atoms with Gasteiger partial charge in [0.25, 0.3) is 5.91 Å². The van der Waals surface area contributed by atoms with Crippen molar-refractivity contribution >= 4 is 22.6 Å². The number of imidazole rings is 1. The first kappa shape index (κ1) is 20.6. The molecule has 0 saturated carbocycles. The minimum absolute atomic E-state index is 0.191. The van der Waals surface area contributed by atoms with Crippen molar-refractivity contribution in [3.8, 4) is 5.82 Å². The molecule has 0 bridgehead atoms. The number of carbonyl (C=O) groups excluding carboxylic acids is 1. The number of benzene rings is 1. The highest BCUT2D eigenvalue weighted by molar-refractivity contribution is 6.02. The number of rotatable bonds is 9. The Bertz CT molecular complexity index is 1150. The lowest BCUT2D eigenvalue weighted by Crippen LogP contribution is -2.24. The number of fused-ring (bicyclic) bond motifs is 1. The smallest absolute Gasteiger partial charge is 0.277 e. The molecule has 0 saturated heterocycles. The highest BCUT2D eigenvalue weighted by atomic mass is 16.7. The fraction of sp³-hybridized carbons (Fsp3) is 0.286. The summed E-state index contributed by atoms with van der Waals surface area (Å²) >= 11 is 0. The minimum Gasteiger partial charge on any atom is -0.351 e. The van der Waals surface area contributed by atoms with E-state index in [1.807, 2.05) is 48.7 Å². The fourth-order valence-corrected chi connectivity index (χ4v) is 3.11. The number of ether oxygens (including phenoxy) is 2. The van der Waals surface area contributed by atoms with Crippen molar-refractivity contribution in [1.82, 2.24) is 29.5 Å². The lowest BCUT2D eigenvalue weighted by atomic mass is 10.3. The van der Waals surface area contributed by atoms with E-state index < -0.39 is 6.29 Å². The summed E-state index contributed by atoms with van der Waals surface area (Å²) in [5.41, 5.74) is 2.59. The number of nitrogens with zero attached hydrogens (tertiary/aromatic N) is 6. The second kappa shape index (κ2) is 9.45. The maximum Gasteiger partial charge on any atom is 0.277 e. The first-order valence-corrected chi connectivity index (χ1v) is 10.0. The first-order chi connectivity index (χ1) is 15.2. The molecule has 10 nitrogen and oxygen atoms in total. The molecule has 3 heterocycles. The van der Waals surface area contributed by atoms with Crippen molar-refractivity contribution in [2.24, 2.45) is 0 Å². The van der Waals surface area contributed by atoms with Gasteiger partial charge in [0, 0.05) is 13.2 Å². The topological polar surface area (TPSA) is 109 Å². The molecule has 0 atom stereocenters. The number of anilines is 1. The third kappa shape index (κ3) is 4.76. The average molecular weight is 421 g/mol. The molecule has 0 radical (unpaired) electrons. The van der Waals surface area contributed by atoms with Crippen LogP contribution in [0.25, 0.3) is 16.9 Å². The Morgan fingerprint density at radius 2 is 1.90 bits per heavy atom. The van der Waals surface area contributed by atoms with Gasteiger partial charge in [0.1, 0.15) is 12.1 Å². The molecule has 0 aliphatic rings. The third-order valence-corrected chi connectivity index (χ3v) is 4.52. The largest absolute Gasteiger partial charge is 0.351 e. The predicted molar refractivity (Wildman–Crippen MR) is 114 cm³/mol. The Kier molecular flexibility index (Phi) is 6.29. The van der Waals surface area contributed by atoms with Crippen LogP contribution in [0.3, 0.4) is 0 Å². The monoisotopic (exact) mass is 421 g/mol. The molecule has 10 heteroatoms. The molecule has 0 unspecified atom stereocenters. The van der Waals surface area contributed by atoms with Gasteiger partial charge in [-0.15, -0.1) is 5.10 Å². The molecule has 0 spiro atoms. The summed E-state index contributed by atoms with van der Waals surface area (Å²) in [5.74, 6) is 0.328. The molecular weight excluding hydrogens is 398 g/mol. The minimum atomic E-state index is -0.441. The van der Waals surface area contributed by atoms with Crippen LogP contribution in [0.5, 0.6) is 0 Å². The van der Waals surface area contributed by atoms with Crippen LogP contribution in [-0.2, 0) is 16.0 Å². The maximum absolute atomic E-state index is 12.5. The first-order valence-electron chi connectivity index (χ1n) is 10.0. The summed E-state index contributed by atoms with van der Waals surface area (Å²) in [5, 5.41) is 10.7. The van der Waals surface area contributed by atoms with Crippen molar-refractivity contribution in [3.05, 3.63) is 60.8 Å². The van der Waals surface area contributed by atoms with Gasteiger partial charge in [-0.05, 0) is 38.1 Å². The highest BCUT2D eigenvalue weighted by Crippen LogP contribution is 2.17. The molecule has 3 aromatic heterocycles. The quantitative estimate of drug-likeness (QED) is 0.414. The summed E-state index contributed by atoms with van der Waals surface area (Å²) in [6, 6.07) is 11.4. The maximum atomic E-state index is 12.5. The van der Waals surface area contributed by atoms with E-state index in [0.29, 0.717) is 31.3 Å². The van der Waals surface area contributed by atoms with Gasteiger partial charge in [0.05, 0.1) is 35.7 Å². The number of hydrogen-bond donors (Lipinski definition) is 1. The number of para-hydroxylation sites is 2. The molecule has 160 valence electrons. The number of aromatic nitrogens is 6. The number of pyridine rings is 1. The molecule has 4 aromatic rings. The molecule has 0 fully saturated rings. The fourth-order valence-electron chi connectivity index (χ4n) is 3.11. The van der Waals surface area contributed by atoms with Crippen LogP contribution >= 0.6 is 0 Å². The van der Waals surface area contributed by atoms with Crippen LogP contribution in [0.15, 0.2) is 55.1 Å². The Balaban J connectivity index is 1.42. The average Bonchev–Trinajstić information content (AvgIpc) is 3.42. The Labute approximate surface area is 178 Å². The third-order valence-electron chi connectivity index (χ3n) is 4.52. The van der Waals surface area contributed by atoms with Gasteiger partial charge in [0.2, 0.25) is 0 Å². The second-order valence-corrected chi connectivity index (χ2v) is 6.63. The van der Waals surface area contributed by atoms with E-state index in [1.165, 1.54) is 4.68 Å². The van der Waals surface area contributed by atoms with Crippen molar-refractivity contribution in [2.75, 3.05) is 18.5 Å². The second-order valence-electron chi connectivity index (χ2n) is 6.63. The Morgan fingerprint density at radius 1 is 1.10 bits per heavy atom. The van der Waals surface area contributed by atoms with Crippen molar-refractivity contribution in [3.63, 3.8) is 0 Å². The van der Waals surface area contributed by atoms with Crippen LogP contribution in [0.2, 0.25) is 0 Å². The van der Waals surface area contributed by atoms with Gasteiger partial charge in [-0.3, -0.25) is 9.36 Å². The molecule has 0 aliphatic carbocycles. The number of carbonyl (C=O) groups is 1. The van der Waals surface area contributed by atoms with Gasteiger partial charge >= 0.3 is 0 Å². The van der Waals surface area contributed by atoms with Gasteiger partial charge < -0.3 is 14.8 Å². The van der Waals surface area contributed by atoms with Crippen LogP contribution in [-0.4, -0.2) is 54.9 Å². The molecule has 31 heavy (non-hydrogen) atoms. The van der Waals surface area contributed by atoms with Crippen LogP contribution in [0.4, 0.5) is 5.69 Å². The molecular formula is C21H23N7O3. The Hall–Kier alpha value is -3.63. The number of amides is 1. The summed E-state index contributed by atoms with van der Waals surface area (Å²) < 4.78 is 14.4. The SMILES string of the molecule is CCOC(Cn1cc(C(=O)Nc2ccc(-n3cnc4ccccc43)nc2)nn1)OCC. The molecule has 4 rings (SSSR count). The van der Waals surface area contributed by atoms with Crippen LogP contribution in [0, 0.1) is 0 Å². The zero-order valence-electron chi connectivity index (χ0n) is 17.3. The summed E-state index contributed by atoms with van der Waals surface area (Å²) in [7, 11) is 0. The van der Waals surface area contributed by atoms with Crippen molar-refractivity contribution in [2.45, 2.75) is 26.7 Å². The van der Waals surface area contributed by atoms with Gasteiger partial charge in [-0.25, -0.2) is 14.6 Å². The molecule has 1 amide bonds. The Morgan fingerprint density at radius 3 is 2.65 bits per heavy atom. The predicted octanol–water partition coefficient (Wildman–Crippen LogP) is 2.66. The zero-order valence-corrected chi connectivity index (χ0v) is 17.3. The van der Waals surface area contributed by atoms with Gasteiger partial charge in [-0.2, -0.15) is 0 Å². The van der Waals surface area contributed by atoms with Gasteiger partial charge in [0.15, 0.2) is 12.0 Å². The number of hydrogen-bond acceptors (Lipinski definition) is 7. The highest BCUT2D eigenvalue weighted by Gasteiger charge is 2.15. The van der Waals surface area contributed by atoms with E-state index in [1.54, 1.807) is 24.8 Å². The molecule has 1 aromatic carbocycles. The summed E-state index contributed by atoms with van der Waals surface area (Å²) in [6.45, 7) is 5.16. The van der Waals surface area contributed by atoms with E-state index in [2.05, 4.69) is 25.6 Å². The molecule has 0 aliphatic heterocycles. The van der Waals surface area contributed by atoms with E-state index in [4.69, 9.17) is 9.47 Å². The standard InChI is InChI=1S/C21H23N7O3/c1-3-30-20(31-4-2)13-27-12-17(25-26-27)21(29)24-15-9-10-19(22-11-15)28-14-23-16-7-5-6-8-18(16)28/h5-12,14,20H,3-4,13H2,1-2H3,(H,24,29). The summed E-state index contributed by atoms with van der Waals surface area (Å²) in [6.07, 6.45) is 4.43. The van der Waals surface area contributed by atoms with E-state index in [9.17, 15) is 4.79 Å². The zero-order chi connectivity index (χ0) is 21.6.